The molecular weight excluding hydrogens is 324 g/mol. The fourth-order valence-corrected chi connectivity index (χ4v) is 2.99. The lowest BCUT2D eigenvalue weighted by Crippen LogP contribution is -1.99. The highest BCUT2D eigenvalue weighted by molar-refractivity contribution is 9.10. The van der Waals surface area contributed by atoms with Crippen molar-refractivity contribution in [2.24, 2.45) is 0 Å². The van der Waals surface area contributed by atoms with Crippen molar-refractivity contribution >= 4 is 31.8 Å². The van der Waals surface area contributed by atoms with E-state index in [1.54, 1.807) is 6.08 Å². The SMILES string of the molecule is O=S(=O)(C=Cc1ccc(Br)cc1)Cc1ccccc1. The molecule has 0 radical (unpaired) electrons. The lowest BCUT2D eigenvalue weighted by atomic mass is 10.2. The molecule has 0 aromatic heterocycles. The van der Waals surface area contributed by atoms with Gasteiger partial charge in [0.15, 0.2) is 9.84 Å². The average molecular weight is 337 g/mol. The van der Waals surface area contributed by atoms with Gasteiger partial charge in [-0.2, -0.15) is 0 Å². The third-order valence-corrected chi connectivity index (χ3v) is 4.36. The van der Waals surface area contributed by atoms with Crippen molar-refractivity contribution in [2.45, 2.75) is 5.75 Å². The molecule has 4 heteroatoms. The average Bonchev–Trinajstić information content (AvgIpc) is 2.39. The number of benzene rings is 2. The molecule has 0 fully saturated rings. The van der Waals surface area contributed by atoms with Gasteiger partial charge in [-0.25, -0.2) is 8.42 Å². The molecule has 19 heavy (non-hydrogen) atoms. The Morgan fingerprint density at radius 1 is 0.947 bits per heavy atom. The quantitative estimate of drug-likeness (QED) is 0.844. The summed E-state index contributed by atoms with van der Waals surface area (Å²) in [5.74, 6) is 0.0286. The van der Waals surface area contributed by atoms with Gasteiger partial charge in [-0.15, -0.1) is 0 Å². The Hall–Kier alpha value is -1.39. The van der Waals surface area contributed by atoms with Gasteiger partial charge in [-0.1, -0.05) is 58.4 Å². The van der Waals surface area contributed by atoms with E-state index in [9.17, 15) is 8.42 Å². The van der Waals surface area contributed by atoms with Crippen LogP contribution in [0.4, 0.5) is 0 Å². The van der Waals surface area contributed by atoms with Gasteiger partial charge in [0.25, 0.3) is 0 Å². The third kappa shape index (κ3) is 4.65. The smallest absolute Gasteiger partial charge is 0.175 e. The topological polar surface area (TPSA) is 34.1 Å². The van der Waals surface area contributed by atoms with Crippen LogP contribution in [-0.2, 0) is 15.6 Å². The van der Waals surface area contributed by atoms with Gasteiger partial charge in [-0.3, -0.25) is 0 Å². The lowest BCUT2D eigenvalue weighted by Gasteiger charge is -1.99. The summed E-state index contributed by atoms with van der Waals surface area (Å²) in [4.78, 5) is 0. The Morgan fingerprint density at radius 2 is 1.58 bits per heavy atom. The minimum Gasteiger partial charge on any atom is -0.224 e. The zero-order valence-electron chi connectivity index (χ0n) is 10.2. The summed E-state index contributed by atoms with van der Waals surface area (Å²) in [6, 6.07) is 16.6. The van der Waals surface area contributed by atoms with Crippen LogP contribution < -0.4 is 0 Å². The zero-order chi connectivity index (χ0) is 13.7. The van der Waals surface area contributed by atoms with Crippen molar-refractivity contribution in [3.05, 3.63) is 75.6 Å². The minimum atomic E-state index is -3.24. The van der Waals surface area contributed by atoms with E-state index >= 15 is 0 Å². The molecule has 0 atom stereocenters. The Bertz CT molecular complexity index is 659. The monoisotopic (exact) mass is 336 g/mol. The molecule has 0 spiro atoms. The molecular formula is C15H13BrO2S. The standard InChI is InChI=1S/C15H13BrO2S/c16-15-8-6-13(7-9-15)10-11-19(17,18)12-14-4-2-1-3-5-14/h1-11H,12H2. The second-order valence-corrected chi connectivity index (χ2v) is 6.95. The van der Waals surface area contributed by atoms with Crippen molar-refractivity contribution in [1.29, 1.82) is 0 Å². The van der Waals surface area contributed by atoms with Crippen LogP contribution in [0, 0.1) is 0 Å². The number of rotatable bonds is 4. The van der Waals surface area contributed by atoms with Crippen LogP contribution in [0.1, 0.15) is 11.1 Å². The van der Waals surface area contributed by atoms with E-state index in [0.717, 1.165) is 15.6 Å². The number of sulfone groups is 1. The van der Waals surface area contributed by atoms with E-state index in [4.69, 9.17) is 0 Å². The van der Waals surface area contributed by atoms with Crippen molar-refractivity contribution in [3.8, 4) is 0 Å². The molecule has 0 saturated carbocycles. The van der Waals surface area contributed by atoms with Crippen molar-refractivity contribution in [3.63, 3.8) is 0 Å². The van der Waals surface area contributed by atoms with Crippen LogP contribution in [0.3, 0.4) is 0 Å². The van der Waals surface area contributed by atoms with Gasteiger partial charge in [-0.05, 0) is 29.3 Å². The lowest BCUT2D eigenvalue weighted by molar-refractivity contribution is 0.604. The maximum atomic E-state index is 11.9. The first-order valence-corrected chi connectivity index (χ1v) is 8.26. The molecule has 0 aliphatic rings. The molecule has 2 rings (SSSR count). The molecule has 0 N–H and O–H groups in total. The van der Waals surface area contributed by atoms with Crippen LogP contribution >= 0.6 is 15.9 Å². The van der Waals surface area contributed by atoms with E-state index in [2.05, 4.69) is 15.9 Å². The molecule has 0 bridgehead atoms. The summed E-state index contributed by atoms with van der Waals surface area (Å²) in [6.07, 6.45) is 1.62. The fourth-order valence-electron chi connectivity index (χ4n) is 1.61. The van der Waals surface area contributed by atoms with E-state index in [1.165, 1.54) is 5.41 Å². The molecule has 2 nitrogen and oxygen atoms in total. The fraction of sp³-hybridized carbons (Fsp3) is 0.0667. The first kappa shape index (κ1) is 14.0. The van der Waals surface area contributed by atoms with Crippen molar-refractivity contribution in [2.75, 3.05) is 0 Å². The van der Waals surface area contributed by atoms with Crippen LogP contribution in [0.15, 0.2) is 64.5 Å². The summed E-state index contributed by atoms with van der Waals surface area (Å²) in [6.45, 7) is 0. The van der Waals surface area contributed by atoms with Crippen molar-refractivity contribution < 1.29 is 8.42 Å². The summed E-state index contributed by atoms with van der Waals surface area (Å²) in [5.41, 5.74) is 1.66. The third-order valence-electron chi connectivity index (χ3n) is 2.55. The first-order chi connectivity index (χ1) is 9.05. The Balaban J connectivity index is 2.11. The van der Waals surface area contributed by atoms with Gasteiger partial charge < -0.3 is 0 Å². The molecule has 0 aliphatic carbocycles. The normalized spacial score (nSPS) is 11.8. The van der Waals surface area contributed by atoms with E-state index in [-0.39, 0.29) is 5.75 Å². The molecule has 0 unspecified atom stereocenters. The van der Waals surface area contributed by atoms with Crippen LogP contribution in [0.25, 0.3) is 6.08 Å². The second kappa shape index (κ2) is 6.17. The maximum absolute atomic E-state index is 11.9. The van der Waals surface area contributed by atoms with Gasteiger partial charge in [0, 0.05) is 9.88 Å². The second-order valence-electron chi connectivity index (χ2n) is 4.15. The highest BCUT2D eigenvalue weighted by Gasteiger charge is 2.06. The predicted molar refractivity (Wildman–Crippen MR) is 82.2 cm³/mol. The molecule has 2 aromatic carbocycles. The molecule has 98 valence electrons. The molecule has 0 heterocycles. The Labute approximate surface area is 121 Å². The largest absolute Gasteiger partial charge is 0.224 e. The van der Waals surface area contributed by atoms with E-state index < -0.39 is 9.84 Å². The molecule has 2 aromatic rings. The predicted octanol–water partition coefficient (Wildman–Crippen LogP) is 4.03. The van der Waals surface area contributed by atoms with Gasteiger partial charge >= 0.3 is 0 Å². The minimum absolute atomic E-state index is 0.0286. The maximum Gasteiger partial charge on any atom is 0.175 e. The summed E-state index contributed by atoms with van der Waals surface area (Å²) in [7, 11) is -3.24. The van der Waals surface area contributed by atoms with E-state index in [0.29, 0.717) is 0 Å². The Kier molecular flexibility index (Phi) is 4.56. The van der Waals surface area contributed by atoms with Crippen LogP contribution in [0.5, 0.6) is 0 Å². The summed E-state index contributed by atoms with van der Waals surface area (Å²) in [5, 5.41) is 1.27. The molecule has 0 saturated heterocycles. The van der Waals surface area contributed by atoms with Gasteiger partial charge in [0.1, 0.15) is 0 Å². The zero-order valence-corrected chi connectivity index (χ0v) is 12.6. The van der Waals surface area contributed by atoms with Gasteiger partial charge in [0.05, 0.1) is 5.75 Å². The van der Waals surface area contributed by atoms with Crippen LogP contribution in [0.2, 0.25) is 0 Å². The Morgan fingerprint density at radius 3 is 2.21 bits per heavy atom. The highest BCUT2D eigenvalue weighted by Crippen LogP contribution is 2.13. The van der Waals surface area contributed by atoms with Crippen LogP contribution in [-0.4, -0.2) is 8.42 Å². The molecule has 0 amide bonds. The first-order valence-electron chi connectivity index (χ1n) is 5.75. The van der Waals surface area contributed by atoms with E-state index in [1.807, 2.05) is 54.6 Å². The van der Waals surface area contributed by atoms with Gasteiger partial charge in [0.2, 0.25) is 0 Å². The number of halogens is 1. The summed E-state index contributed by atoms with van der Waals surface area (Å²) >= 11 is 3.34. The van der Waals surface area contributed by atoms with Crippen molar-refractivity contribution in [1.82, 2.24) is 0 Å². The molecule has 0 aliphatic heterocycles. The highest BCUT2D eigenvalue weighted by atomic mass is 79.9. The number of hydrogen-bond acceptors (Lipinski definition) is 2. The summed E-state index contributed by atoms with van der Waals surface area (Å²) < 4.78 is 24.9. The number of hydrogen-bond donors (Lipinski definition) is 0.